The number of rotatable bonds is 5. The van der Waals surface area contributed by atoms with Crippen molar-refractivity contribution in [2.75, 3.05) is 5.32 Å². The number of hydrogen-bond donors (Lipinski definition) is 3. The van der Waals surface area contributed by atoms with E-state index in [1.54, 1.807) is 36.4 Å². The summed E-state index contributed by atoms with van der Waals surface area (Å²) in [6, 6.07) is 29.3. The molecule has 0 saturated carbocycles. The second-order valence-corrected chi connectivity index (χ2v) is 8.69. The second-order valence-electron chi connectivity index (χ2n) is 6.99. The molecule has 150 valence electrons. The average Bonchev–Trinajstić information content (AvgIpc) is 2.74. The summed E-state index contributed by atoms with van der Waals surface area (Å²) in [6.45, 7) is 0. The summed E-state index contributed by atoms with van der Waals surface area (Å²) in [4.78, 5) is 32.9. The predicted octanol–water partition coefficient (Wildman–Crippen LogP) is 5.36. The van der Waals surface area contributed by atoms with E-state index in [0.717, 1.165) is 16.5 Å². The molecule has 0 fully saturated rings. The van der Waals surface area contributed by atoms with Gasteiger partial charge >= 0.3 is 7.60 Å². The highest BCUT2D eigenvalue weighted by atomic mass is 31.2. The van der Waals surface area contributed by atoms with Gasteiger partial charge in [-0.15, -0.1) is 0 Å². The lowest BCUT2D eigenvalue weighted by atomic mass is 10.0. The van der Waals surface area contributed by atoms with Crippen LogP contribution >= 0.6 is 7.60 Å². The first-order valence-corrected chi connectivity index (χ1v) is 11.1. The quantitative estimate of drug-likeness (QED) is 0.381. The van der Waals surface area contributed by atoms with Crippen LogP contribution in [-0.2, 0) is 9.36 Å². The summed E-state index contributed by atoms with van der Waals surface area (Å²) in [5.41, 5.74) is 1.20. The number of hydrogen-bond acceptors (Lipinski definition) is 2. The van der Waals surface area contributed by atoms with E-state index in [1.165, 1.54) is 0 Å². The van der Waals surface area contributed by atoms with Crippen LogP contribution in [0.15, 0.2) is 97.1 Å². The third-order valence-corrected chi connectivity index (χ3v) is 6.15. The number of anilines is 1. The van der Waals surface area contributed by atoms with Crippen LogP contribution in [0.1, 0.15) is 11.2 Å². The molecular weight excluding hydrogens is 397 g/mol. The summed E-state index contributed by atoms with van der Waals surface area (Å²) in [5, 5.41) is 4.11. The van der Waals surface area contributed by atoms with Gasteiger partial charge in [-0.2, -0.15) is 0 Å². The van der Waals surface area contributed by atoms with Crippen molar-refractivity contribution in [3.8, 4) is 11.1 Å². The molecule has 4 aromatic carbocycles. The molecule has 1 atom stereocenters. The van der Waals surface area contributed by atoms with Gasteiger partial charge in [0, 0.05) is 5.69 Å². The highest BCUT2D eigenvalue weighted by Gasteiger charge is 2.38. The van der Waals surface area contributed by atoms with Gasteiger partial charge < -0.3 is 15.1 Å². The Morgan fingerprint density at radius 2 is 1.33 bits per heavy atom. The molecule has 1 amide bonds. The molecule has 4 rings (SSSR count). The first-order valence-electron chi connectivity index (χ1n) is 9.43. The molecule has 5 nitrogen and oxygen atoms in total. The van der Waals surface area contributed by atoms with Gasteiger partial charge in [-0.3, -0.25) is 9.36 Å². The highest BCUT2D eigenvalue weighted by Crippen LogP contribution is 2.53. The lowest BCUT2D eigenvalue weighted by Crippen LogP contribution is -2.21. The standard InChI is InChI=1S/C24H20NO4P/c26-24(25-20-15-13-18(14-16-20)17-7-2-1-3-8-17)23(30(27,28)29)22-12-6-10-19-9-4-5-11-21(19)22/h1-16,23H,(H,25,26)(H2,27,28,29). The molecule has 6 heteroatoms. The topological polar surface area (TPSA) is 86.6 Å². The number of carbonyl (C=O) groups excluding carboxylic acids is 1. The van der Waals surface area contributed by atoms with E-state index in [1.807, 2.05) is 60.7 Å². The Balaban J connectivity index is 1.65. The largest absolute Gasteiger partial charge is 0.342 e. The maximum atomic E-state index is 13.0. The lowest BCUT2D eigenvalue weighted by Gasteiger charge is -2.20. The van der Waals surface area contributed by atoms with Gasteiger partial charge in [-0.05, 0) is 39.6 Å². The average molecular weight is 417 g/mol. The number of benzene rings is 4. The van der Waals surface area contributed by atoms with Crippen molar-refractivity contribution in [3.63, 3.8) is 0 Å². The molecule has 0 saturated heterocycles. The SMILES string of the molecule is O=C(Nc1ccc(-c2ccccc2)cc1)C(c1cccc2ccccc12)P(=O)(O)O. The van der Waals surface area contributed by atoms with Gasteiger partial charge in [0.2, 0.25) is 5.91 Å². The van der Waals surface area contributed by atoms with Crippen molar-refractivity contribution in [1.29, 1.82) is 0 Å². The van der Waals surface area contributed by atoms with Gasteiger partial charge in [-0.25, -0.2) is 0 Å². The molecule has 0 spiro atoms. The fourth-order valence-electron chi connectivity index (χ4n) is 3.55. The van der Waals surface area contributed by atoms with Crippen LogP contribution in [0, 0.1) is 0 Å². The normalized spacial score (nSPS) is 12.5. The smallest absolute Gasteiger partial charge is 0.325 e. The molecule has 0 aliphatic carbocycles. The zero-order valence-corrected chi connectivity index (χ0v) is 16.9. The van der Waals surface area contributed by atoms with Crippen molar-refractivity contribution < 1.29 is 19.1 Å². The van der Waals surface area contributed by atoms with Crippen molar-refractivity contribution in [2.45, 2.75) is 5.66 Å². The number of amides is 1. The summed E-state index contributed by atoms with van der Waals surface area (Å²) in [6.07, 6.45) is 0. The molecule has 3 N–H and O–H groups in total. The van der Waals surface area contributed by atoms with Crippen LogP contribution in [0.3, 0.4) is 0 Å². The van der Waals surface area contributed by atoms with Crippen molar-refractivity contribution in [2.24, 2.45) is 0 Å². The first-order chi connectivity index (χ1) is 14.4. The van der Waals surface area contributed by atoms with E-state index in [0.29, 0.717) is 16.6 Å². The summed E-state index contributed by atoms with van der Waals surface area (Å²) in [5.74, 6) is -0.743. The van der Waals surface area contributed by atoms with Crippen LogP contribution in [0.25, 0.3) is 21.9 Å². The molecule has 0 bridgehead atoms. The van der Waals surface area contributed by atoms with Crippen LogP contribution in [-0.4, -0.2) is 15.7 Å². The minimum atomic E-state index is -4.76. The molecule has 0 aromatic heterocycles. The monoisotopic (exact) mass is 417 g/mol. The van der Waals surface area contributed by atoms with E-state index in [4.69, 9.17) is 0 Å². The van der Waals surface area contributed by atoms with Gasteiger partial charge in [0.25, 0.3) is 0 Å². The fourth-order valence-corrected chi connectivity index (χ4v) is 4.51. The Hall–Kier alpha value is -3.24. The zero-order valence-electron chi connectivity index (χ0n) is 16.0. The van der Waals surface area contributed by atoms with Crippen LogP contribution in [0.2, 0.25) is 0 Å². The number of nitrogens with one attached hydrogen (secondary N) is 1. The Labute approximate surface area is 174 Å². The van der Waals surface area contributed by atoms with Crippen LogP contribution < -0.4 is 5.32 Å². The minimum absolute atomic E-state index is 0.305. The molecule has 1 unspecified atom stereocenters. The van der Waals surface area contributed by atoms with Gasteiger partial charge in [0.15, 0.2) is 5.66 Å². The third kappa shape index (κ3) is 4.19. The Morgan fingerprint density at radius 3 is 2.03 bits per heavy atom. The summed E-state index contributed by atoms with van der Waals surface area (Å²) < 4.78 is 12.3. The summed E-state index contributed by atoms with van der Waals surface area (Å²) >= 11 is 0. The molecule has 0 radical (unpaired) electrons. The van der Waals surface area contributed by atoms with E-state index in [-0.39, 0.29) is 0 Å². The molecule has 0 aliphatic heterocycles. The van der Waals surface area contributed by atoms with Crippen molar-refractivity contribution >= 4 is 30.0 Å². The third-order valence-electron chi connectivity index (χ3n) is 4.96. The van der Waals surface area contributed by atoms with Gasteiger partial charge in [0.1, 0.15) is 0 Å². The molecular formula is C24H20NO4P. The Bertz CT molecular complexity index is 1230. The number of fused-ring (bicyclic) bond motifs is 1. The van der Waals surface area contributed by atoms with Gasteiger partial charge in [0.05, 0.1) is 0 Å². The second kappa shape index (κ2) is 8.25. The molecule has 0 aliphatic rings. The van der Waals surface area contributed by atoms with Crippen molar-refractivity contribution in [1.82, 2.24) is 0 Å². The maximum absolute atomic E-state index is 13.0. The van der Waals surface area contributed by atoms with E-state index < -0.39 is 19.2 Å². The first kappa shape index (κ1) is 20.0. The Morgan fingerprint density at radius 1 is 0.733 bits per heavy atom. The zero-order chi connectivity index (χ0) is 21.1. The fraction of sp³-hybridized carbons (Fsp3) is 0.0417. The maximum Gasteiger partial charge on any atom is 0.342 e. The van der Waals surface area contributed by atoms with E-state index in [9.17, 15) is 19.1 Å². The van der Waals surface area contributed by atoms with Crippen molar-refractivity contribution in [3.05, 3.63) is 103 Å². The lowest BCUT2D eigenvalue weighted by molar-refractivity contribution is -0.116. The summed E-state index contributed by atoms with van der Waals surface area (Å²) in [7, 11) is -4.76. The predicted molar refractivity (Wildman–Crippen MR) is 119 cm³/mol. The van der Waals surface area contributed by atoms with Crippen LogP contribution in [0.4, 0.5) is 5.69 Å². The van der Waals surface area contributed by atoms with E-state index in [2.05, 4.69) is 5.32 Å². The van der Waals surface area contributed by atoms with E-state index >= 15 is 0 Å². The van der Waals surface area contributed by atoms with Gasteiger partial charge in [-0.1, -0.05) is 84.9 Å². The number of carbonyl (C=O) groups is 1. The minimum Gasteiger partial charge on any atom is -0.325 e. The molecule has 30 heavy (non-hydrogen) atoms. The van der Waals surface area contributed by atoms with Crippen LogP contribution in [0.5, 0.6) is 0 Å². The molecule has 0 heterocycles. The molecule has 4 aromatic rings. The Kier molecular flexibility index (Phi) is 5.51. The highest BCUT2D eigenvalue weighted by molar-refractivity contribution is 7.53.